The van der Waals surface area contributed by atoms with E-state index in [4.69, 9.17) is 16.0 Å². The third-order valence-corrected chi connectivity index (χ3v) is 5.02. The van der Waals surface area contributed by atoms with Crippen molar-refractivity contribution in [3.63, 3.8) is 0 Å². The summed E-state index contributed by atoms with van der Waals surface area (Å²) in [6.45, 7) is 0. The number of hydrogen-bond donors (Lipinski definition) is 0. The molecular formula is C17H18ClNO. The van der Waals surface area contributed by atoms with Crippen molar-refractivity contribution < 1.29 is 4.42 Å². The summed E-state index contributed by atoms with van der Waals surface area (Å²) in [6, 6.07) is 8.86. The average molecular weight is 288 g/mol. The number of aryl methyl sites for hydroxylation is 2. The van der Waals surface area contributed by atoms with Gasteiger partial charge in [-0.15, -0.1) is 11.6 Å². The lowest BCUT2D eigenvalue weighted by molar-refractivity contribution is 0.447. The van der Waals surface area contributed by atoms with Crippen LogP contribution in [0.25, 0.3) is 0 Å². The van der Waals surface area contributed by atoms with E-state index in [9.17, 15) is 0 Å². The highest BCUT2D eigenvalue weighted by Crippen LogP contribution is 2.65. The van der Waals surface area contributed by atoms with E-state index in [0.29, 0.717) is 17.7 Å². The number of fused-ring (bicyclic) bond motifs is 3. The third kappa shape index (κ3) is 1.98. The zero-order valence-corrected chi connectivity index (χ0v) is 12.1. The smallest absolute Gasteiger partial charge is 0.194 e. The summed E-state index contributed by atoms with van der Waals surface area (Å²) in [7, 11) is 0. The first-order valence-corrected chi connectivity index (χ1v) is 8.00. The van der Waals surface area contributed by atoms with Crippen molar-refractivity contribution in [1.29, 1.82) is 0 Å². The molecule has 3 heteroatoms. The van der Waals surface area contributed by atoms with E-state index >= 15 is 0 Å². The van der Waals surface area contributed by atoms with E-state index in [-0.39, 0.29) is 0 Å². The van der Waals surface area contributed by atoms with Crippen LogP contribution in [0.1, 0.15) is 47.5 Å². The van der Waals surface area contributed by atoms with Crippen LogP contribution in [0.5, 0.6) is 0 Å². The molecule has 3 unspecified atom stereocenters. The van der Waals surface area contributed by atoms with Crippen molar-refractivity contribution in [2.45, 2.75) is 37.5 Å². The first-order chi connectivity index (χ1) is 9.88. The van der Waals surface area contributed by atoms with Gasteiger partial charge in [0.05, 0.1) is 6.20 Å². The molecule has 2 aliphatic rings. The van der Waals surface area contributed by atoms with Gasteiger partial charge in [-0.05, 0) is 42.2 Å². The maximum absolute atomic E-state index is 5.95. The molecular weight excluding hydrogens is 270 g/mol. The fourth-order valence-corrected chi connectivity index (χ4v) is 3.90. The summed E-state index contributed by atoms with van der Waals surface area (Å²) in [5, 5.41) is 0. The highest BCUT2D eigenvalue weighted by atomic mass is 35.5. The van der Waals surface area contributed by atoms with Gasteiger partial charge < -0.3 is 4.42 Å². The zero-order valence-electron chi connectivity index (χ0n) is 11.4. The Bertz CT molecular complexity index is 621. The van der Waals surface area contributed by atoms with E-state index in [1.807, 2.05) is 6.20 Å². The Kier molecular flexibility index (Phi) is 3.07. The topological polar surface area (TPSA) is 26.0 Å². The minimum atomic E-state index is 0.552. The van der Waals surface area contributed by atoms with Crippen LogP contribution in [0.4, 0.5) is 0 Å². The van der Waals surface area contributed by atoms with Gasteiger partial charge in [-0.1, -0.05) is 24.3 Å². The molecule has 1 aromatic heterocycles. The fourth-order valence-electron chi connectivity index (χ4n) is 3.77. The molecule has 1 fully saturated rings. The van der Waals surface area contributed by atoms with E-state index in [2.05, 4.69) is 29.2 Å². The molecule has 0 saturated heterocycles. The summed E-state index contributed by atoms with van der Waals surface area (Å²) in [6.07, 6.45) is 6.21. The van der Waals surface area contributed by atoms with Gasteiger partial charge in [0.2, 0.25) is 0 Å². The van der Waals surface area contributed by atoms with Gasteiger partial charge >= 0.3 is 0 Å². The molecule has 2 nitrogen and oxygen atoms in total. The molecule has 3 atom stereocenters. The summed E-state index contributed by atoms with van der Waals surface area (Å²) in [5.74, 6) is 4.57. The molecule has 20 heavy (non-hydrogen) atoms. The highest BCUT2D eigenvalue weighted by Gasteiger charge is 2.55. The Hall–Kier alpha value is -1.28. The van der Waals surface area contributed by atoms with Gasteiger partial charge in [-0.25, -0.2) is 4.98 Å². The largest absolute Gasteiger partial charge is 0.445 e. The fraction of sp³-hybridized carbons (Fsp3) is 0.471. The lowest BCUT2D eigenvalue weighted by atomic mass is 9.92. The molecule has 0 N–H and O–H groups in total. The maximum atomic E-state index is 5.95. The molecule has 4 rings (SSSR count). The minimum absolute atomic E-state index is 0.552. The van der Waals surface area contributed by atoms with Gasteiger partial charge in [-0.3, -0.25) is 0 Å². The van der Waals surface area contributed by atoms with E-state index < -0.39 is 0 Å². The second kappa shape index (κ2) is 4.92. The molecule has 0 radical (unpaired) electrons. The predicted octanol–water partition coefficient (Wildman–Crippen LogP) is 4.29. The normalized spacial score (nSPS) is 26.9. The Morgan fingerprint density at radius 1 is 1.25 bits per heavy atom. The van der Waals surface area contributed by atoms with Crippen molar-refractivity contribution in [3.8, 4) is 0 Å². The monoisotopic (exact) mass is 287 g/mol. The van der Waals surface area contributed by atoms with Gasteiger partial charge in [-0.2, -0.15) is 0 Å². The van der Waals surface area contributed by atoms with Crippen LogP contribution in [0, 0.1) is 5.92 Å². The Labute approximate surface area is 124 Å². The van der Waals surface area contributed by atoms with Crippen molar-refractivity contribution in [1.82, 2.24) is 4.98 Å². The molecule has 0 aliphatic heterocycles. The number of hydrogen-bond acceptors (Lipinski definition) is 2. The van der Waals surface area contributed by atoms with Crippen LogP contribution in [-0.2, 0) is 12.8 Å². The van der Waals surface area contributed by atoms with Crippen LogP contribution in [0.2, 0.25) is 0 Å². The van der Waals surface area contributed by atoms with Gasteiger partial charge in [0.25, 0.3) is 0 Å². The molecule has 104 valence electrons. The first kappa shape index (κ1) is 12.5. The van der Waals surface area contributed by atoms with Crippen molar-refractivity contribution in [2.24, 2.45) is 5.92 Å². The Morgan fingerprint density at radius 2 is 2.15 bits per heavy atom. The van der Waals surface area contributed by atoms with Crippen LogP contribution < -0.4 is 0 Å². The zero-order chi connectivity index (χ0) is 13.5. The summed E-state index contributed by atoms with van der Waals surface area (Å²) in [5.41, 5.74) is 3.06. The molecule has 1 aromatic carbocycles. The van der Waals surface area contributed by atoms with Crippen molar-refractivity contribution in [3.05, 3.63) is 53.2 Å². The van der Waals surface area contributed by atoms with Crippen molar-refractivity contribution in [2.75, 3.05) is 5.88 Å². The van der Waals surface area contributed by atoms with Crippen molar-refractivity contribution >= 4 is 11.6 Å². The number of alkyl halides is 1. The van der Waals surface area contributed by atoms with E-state index in [1.165, 1.54) is 24.0 Å². The van der Waals surface area contributed by atoms with Crippen LogP contribution in [-0.4, -0.2) is 10.9 Å². The van der Waals surface area contributed by atoms with Crippen LogP contribution in [0.15, 0.2) is 34.9 Å². The standard InChI is InChI=1S/C17H18ClNO/c18-9-3-6-15-19-10-14(20-15)17-13-8-7-11-4-1-2-5-12(11)16(13)17/h1-2,4-5,10,13,16-17H,3,6-9H2. The quantitative estimate of drug-likeness (QED) is 0.784. The van der Waals surface area contributed by atoms with Gasteiger partial charge in [0, 0.05) is 18.2 Å². The number of oxazole rings is 1. The highest BCUT2D eigenvalue weighted by molar-refractivity contribution is 6.17. The van der Waals surface area contributed by atoms with Gasteiger partial charge in [0.1, 0.15) is 5.76 Å². The predicted molar refractivity (Wildman–Crippen MR) is 79.3 cm³/mol. The first-order valence-electron chi connectivity index (χ1n) is 7.47. The summed E-state index contributed by atoms with van der Waals surface area (Å²) >= 11 is 5.72. The third-order valence-electron chi connectivity index (χ3n) is 4.75. The molecule has 1 heterocycles. The minimum Gasteiger partial charge on any atom is -0.445 e. The molecule has 2 aromatic rings. The molecule has 0 spiro atoms. The second-order valence-corrected chi connectivity index (χ2v) is 6.28. The SMILES string of the molecule is ClCCCc1ncc(C2C3CCc4ccccc4C32)o1. The Balaban J connectivity index is 1.56. The second-order valence-electron chi connectivity index (χ2n) is 5.90. The molecule has 1 saturated carbocycles. The van der Waals surface area contributed by atoms with Crippen LogP contribution in [0.3, 0.4) is 0 Å². The molecule has 2 aliphatic carbocycles. The number of rotatable bonds is 4. The van der Waals surface area contributed by atoms with Gasteiger partial charge in [0.15, 0.2) is 5.89 Å². The number of halogens is 1. The maximum Gasteiger partial charge on any atom is 0.194 e. The van der Waals surface area contributed by atoms with E-state index in [0.717, 1.165) is 30.4 Å². The van der Waals surface area contributed by atoms with Crippen LogP contribution >= 0.6 is 11.6 Å². The number of benzene rings is 1. The number of nitrogens with zero attached hydrogens (tertiary/aromatic N) is 1. The summed E-state index contributed by atoms with van der Waals surface area (Å²) in [4.78, 5) is 4.40. The lowest BCUT2D eigenvalue weighted by Crippen LogP contribution is -2.00. The molecule has 0 bridgehead atoms. The Morgan fingerprint density at radius 3 is 3.05 bits per heavy atom. The number of aromatic nitrogens is 1. The average Bonchev–Trinajstić information content (AvgIpc) is 3.06. The molecule has 0 amide bonds. The lowest BCUT2D eigenvalue weighted by Gasteiger charge is -2.13. The summed E-state index contributed by atoms with van der Waals surface area (Å²) < 4.78 is 5.95. The van der Waals surface area contributed by atoms with E-state index in [1.54, 1.807) is 0 Å².